The van der Waals surface area contributed by atoms with E-state index in [2.05, 4.69) is 77.2 Å². The minimum atomic E-state index is -1.75. The Kier molecular flexibility index (Phi) is 10.4. The Hall–Kier alpha value is 0.640. The fourth-order valence-corrected chi connectivity index (χ4v) is 36.2. The molecule has 0 radical (unpaired) electrons. The molecule has 0 nitrogen and oxygen atoms in total. The molecule has 2 aliphatic rings. The van der Waals surface area contributed by atoms with Crippen LogP contribution >= 0.6 is 0 Å². The molecule has 24 heavy (non-hydrogen) atoms. The van der Waals surface area contributed by atoms with Crippen molar-refractivity contribution >= 4 is 5.92 Å². The maximum absolute atomic E-state index is 2.66. The zero-order chi connectivity index (χ0) is 16.4. The molecule has 0 N–H and O–H groups in total. The van der Waals surface area contributed by atoms with Gasteiger partial charge in [0.2, 0.25) is 0 Å². The Labute approximate surface area is 171 Å². The standard InChI is InChI=1S/2C9H13.C2H7Si.2ClH.Zr/c2*1-3-8-6-5-7-9(8)4-2;1-3-2;;;/h2*5-7H,3-4H2,1-2H3;3H,1-2H3;2*1H;/q;;;;;+2/p-2. The van der Waals surface area contributed by atoms with Gasteiger partial charge in [0.15, 0.2) is 0 Å². The molecule has 0 aromatic heterocycles. The van der Waals surface area contributed by atoms with Crippen LogP contribution in [-0.2, 0) is 20.9 Å². The zero-order valence-electron chi connectivity index (χ0n) is 16.1. The summed E-state index contributed by atoms with van der Waals surface area (Å²) in [6, 6.07) is 0. The Morgan fingerprint density at radius 3 is 1.42 bits per heavy atom. The fourth-order valence-electron chi connectivity index (χ4n) is 5.06. The second kappa shape index (κ2) is 10.1. The number of hydrogen-bond donors (Lipinski definition) is 0. The van der Waals surface area contributed by atoms with Crippen LogP contribution in [0.5, 0.6) is 0 Å². The number of halogens is 2. The van der Waals surface area contributed by atoms with Crippen LogP contribution in [0.3, 0.4) is 0 Å². The van der Waals surface area contributed by atoms with Crippen molar-refractivity contribution in [3.05, 3.63) is 47.6 Å². The minimum absolute atomic E-state index is 0. The molecule has 0 amide bonds. The Balaban J connectivity index is 0.00000264. The summed E-state index contributed by atoms with van der Waals surface area (Å²) in [5.74, 6) is -0.654. The third-order valence-corrected chi connectivity index (χ3v) is 30.5. The van der Waals surface area contributed by atoms with Crippen LogP contribution in [0.15, 0.2) is 47.6 Å². The summed E-state index contributed by atoms with van der Waals surface area (Å²) in [6.07, 6.45) is 20.1. The van der Waals surface area contributed by atoms with E-state index in [9.17, 15) is 0 Å². The van der Waals surface area contributed by atoms with Crippen molar-refractivity contribution in [1.29, 1.82) is 0 Å². The summed E-state index contributed by atoms with van der Waals surface area (Å²) in [5, 5.41) is 0. The van der Waals surface area contributed by atoms with Gasteiger partial charge in [-0.3, -0.25) is 0 Å². The van der Waals surface area contributed by atoms with E-state index < -0.39 is 26.8 Å². The Morgan fingerprint density at radius 2 is 1.17 bits per heavy atom. The molecule has 2 rings (SSSR count). The van der Waals surface area contributed by atoms with E-state index >= 15 is 0 Å². The minimum Gasteiger partial charge on any atom is -1.00 e. The van der Waals surface area contributed by atoms with Gasteiger partial charge in [0.25, 0.3) is 0 Å². The summed E-state index contributed by atoms with van der Waals surface area (Å²) in [6.45, 7) is 14.9. The molecule has 0 saturated heterocycles. The van der Waals surface area contributed by atoms with Crippen molar-refractivity contribution in [2.75, 3.05) is 0 Å². The molecule has 2 aliphatic carbocycles. The topological polar surface area (TPSA) is 0 Å². The van der Waals surface area contributed by atoms with Crippen LogP contribution in [-0.4, -0.2) is 5.92 Å². The second-order valence-electron chi connectivity index (χ2n) is 7.03. The first kappa shape index (κ1) is 24.6. The predicted octanol–water partition coefficient (Wildman–Crippen LogP) is 0.546. The third kappa shape index (κ3) is 3.83. The quantitative estimate of drug-likeness (QED) is 0.484. The zero-order valence-corrected chi connectivity index (χ0v) is 21.3. The first-order chi connectivity index (χ1) is 10.5. The van der Waals surface area contributed by atoms with Gasteiger partial charge in [0.05, 0.1) is 0 Å². The molecular weight excluding hydrogens is 430 g/mol. The van der Waals surface area contributed by atoms with Crippen LogP contribution in [0.2, 0.25) is 19.3 Å². The van der Waals surface area contributed by atoms with Crippen LogP contribution in [0.1, 0.15) is 53.4 Å². The van der Waals surface area contributed by atoms with E-state index in [-0.39, 0.29) is 24.8 Å². The number of rotatable bonds is 7. The third-order valence-electron chi connectivity index (χ3n) is 5.92. The fraction of sp³-hybridized carbons (Fsp3) is 0.600. The molecule has 135 valence electrons. The molecule has 2 unspecified atom stereocenters. The van der Waals surface area contributed by atoms with E-state index in [1.54, 1.807) is 11.1 Å². The Bertz CT molecular complexity index is 492. The summed E-state index contributed by atoms with van der Waals surface area (Å²) < 4.78 is 0.993. The van der Waals surface area contributed by atoms with Gasteiger partial charge in [-0.05, 0) is 0 Å². The van der Waals surface area contributed by atoms with Gasteiger partial charge in [-0.2, -0.15) is 0 Å². The van der Waals surface area contributed by atoms with E-state index in [4.69, 9.17) is 0 Å². The van der Waals surface area contributed by atoms with E-state index in [0.29, 0.717) is 6.25 Å². The summed E-state index contributed by atoms with van der Waals surface area (Å²) in [5.41, 5.74) is 3.52. The van der Waals surface area contributed by atoms with Crippen molar-refractivity contribution in [2.45, 2.75) is 72.7 Å². The predicted molar refractivity (Wildman–Crippen MR) is 99.9 cm³/mol. The molecular formula is C20H33Cl2SiZr. The van der Waals surface area contributed by atoms with Crippen molar-refractivity contribution in [2.24, 2.45) is 0 Å². The van der Waals surface area contributed by atoms with Gasteiger partial charge in [0.1, 0.15) is 0 Å². The molecule has 4 heteroatoms. The molecule has 0 aliphatic heterocycles. The van der Waals surface area contributed by atoms with Crippen LogP contribution < -0.4 is 24.8 Å². The molecule has 0 saturated carbocycles. The molecule has 0 bridgehead atoms. The van der Waals surface area contributed by atoms with Crippen LogP contribution in [0, 0.1) is 0 Å². The van der Waals surface area contributed by atoms with Gasteiger partial charge in [-0.25, -0.2) is 0 Å². The number of hydrogen-bond acceptors (Lipinski definition) is 0. The summed E-state index contributed by atoms with van der Waals surface area (Å²) >= 11 is -1.75. The van der Waals surface area contributed by atoms with Gasteiger partial charge in [-0.1, -0.05) is 0 Å². The second-order valence-corrected chi connectivity index (χ2v) is 27.7. The van der Waals surface area contributed by atoms with E-state index in [1.807, 2.05) is 0 Å². The van der Waals surface area contributed by atoms with Crippen molar-refractivity contribution in [1.82, 2.24) is 0 Å². The van der Waals surface area contributed by atoms with Gasteiger partial charge in [0, 0.05) is 0 Å². The molecule has 0 fully saturated rings. The molecule has 2 atom stereocenters. The van der Waals surface area contributed by atoms with Crippen molar-refractivity contribution in [3.63, 3.8) is 0 Å². The van der Waals surface area contributed by atoms with E-state index in [1.165, 1.54) is 25.7 Å². The van der Waals surface area contributed by atoms with Gasteiger partial charge in [-0.15, -0.1) is 0 Å². The van der Waals surface area contributed by atoms with Gasteiger partial charge >= 0.3 is 147 Å². The SMILES string of the molecule is CCC1=CC=C[C]1(CC)[Zr+2]([SiH](C)C)[C]1(CC)C=CC=C1CC.[Cl-].[Cl-]. The smallest absolute Gasteiger partial charge is 1.00 e. The van der Waals surface area contributed by atoms with E-state index in [0.717, 1.165) is 0 Å². The van der Waals surface area contributed by atoms with Crippen molar-refractivity contribution < 1.29 is 45.7 Å². The van der Waals surface area contributed by atoms with Crippen LogP contribution in [0.4, 0.5) is 0 Å². The largest absolute Gasteiger partial charge is 1.00 e. The normalized spacial score (nSPS) is 27.6. The Morgan fingerprint density at radius 1 is 0.792 bits per heavy atom. The molecule has 0 heterocycles. The monoisotopic (exact) mass is 461 g/mol. The molecule has 0 spiro atoms. The molecule has 0 aromatic carbocycles. The summed E-state index contributed by atoms with van der Waals surface area (Å²) in [4.78, 5) is 0. The van der Waals surface area contributed by atoms with Crippen molar-refractivity contribution in [3.8, 4) is 0 Å². The first-order valence-electron chi connectivity index (χ1n) is 9.17. The first-order valence-corrected chi connectivity index (χ1v) is 18.8. The van der Waals surface area contributed by atoms with Crippen LogP contribution in [0.25, 0.3) is 0 Å². The maximum atomic E-state index is 2.66. The van der Waals surface area contributed by atoms with Gasteiger partial charge < -0.3 is 24.8 Å². The summed E-state index contributed by atoms with van der Waals surface area (Å²) in [7, 11) is 0. The maximum Gasteiger partial charge on any atom is -1.00 e. The number of allylic oxidation sites excluding steroid dienone is 8. The average Bonchev–Trinajstić information content (AvgIpc) is 3.11. The molecule has 0 aromatic rings. The average molecular weight is 464 g/mol.